The predicted molar refractivity (Wildman–Crippen MR) is 70.0 cm³/mol. The highest BCUT2D eigenvalue weighted by Gasteiger charge is 2.23. The number of anilines is 1. The normalized spacial score (nSPS) is 20.8. The van der Waals surface area contributed by atoms with Crippen molar-refractivity contribution >= 4 is 33.0 Å². The number of carbonyl (C=O) groups is 1. The minimum atomic E-state index is -3.19. The Kier molecular flexibility index (Phi) is 3.32. The Hall–Kier alpha value is -1.53. The quantitative estimate of drug-likeness (QED) is 0.793. The number of nitrogens with one attached hydrogen (secondary N) is 1. The van der Waals surface area contributed by atoms with Crippen LogP contribution in [-0.2, 0) is 9.84 Å². The number of nitrogens with two attached hydrogens (primary N) is 1. The molecule has 3 N–H and O–H groups in total. The summed E-state index contributed by atoms with van der Waals surface area (Å²) in [5.41, 5.74) is 6.20. The first-order valence-electron chi connectivity index (χ1n) is 5.14. The summed E-state index contributed by atoms with van der Waals surface area (Å²) >= 11 is 5.73. The molecular weight excluding hydrogens is 276 g/mol. The minimum absolute atomic E-state index is 0.119. The highest BCUT2D eigenvalue weighted by atomic mass is 35.5. The number of halogens is 1. The van der Waals surface area contributed by atoms with Crippen LogP contribution in [0.1, 0.15) is 10.4 Å². The van der Waals surface area contributed by atoms with Gasteiger partial charge in [-0.3, -0.25) is 4.79 Å². The van der Waals surface area contributed by atoms with E-state index in [0.29, 0.717) is 5.02 Å². The Balaban J connectivity index is 2.12. The number of hydrogen-bond donors (Lipinski definition) is 2. The second-order valence-electron chi connectivity index (χ2n) is 3.97. The summed E-state index contributed by atoms with van der Waals surface area (Å²) in [5, 5.41) is 4.12. The first-order valence-corrected chi connectivity index (χ1v) is 7.23. The van der Waals surface area contributed by atoms with Gasteiger partial charge in [-0.15, -0.1) is 0 Å². The van der Waals surface area contributed by atoms with E-state index in [0.717, 1.165) is 5.41 Å². The second kappa shape index (κ2) is 4.62. The predicted octanol–water partition coefficient (Wildman–Crippen LogP) is 0.963. The fourth-order valence-corrected chi connectivity index (χ4v) is 3.07. The van der Waals surface area contributed by atoms with Crippen LogP contribution in [0.4, 0.5) is 5.69 Å². The Bertz CT molecular complexity index is 625. The van der Waals surface area contributed by atoms with Crippen molar-refractivity contribution in [3.8, 4) is 0 Å². The number of hydrogen-bond acceptors (Lipinski definition) is 4. The molecule has 0 fully saturated rings. The molecule has 0 aromatic heterocycles. The van der Waals surface area contributed by atoms with Crippen molar-refractivity contribution in [3.63, 3.8) is 0 Å². The second-order valence-corrected chi connectivity index (χ2v) is 6.34. The van der Waals surface area contributed by atoms with Crippen LogP contribution in [0, 0.1) is 0 Å². The maximum Gasteiger partial charge on any atom is 0.253 e. The van der Waals surface area contributed by atoms with E-state index in [2.05, 4.69) is 5.32 Å². The van der Waals surface area contributed by atoms with Crippen molar-refractivity contribution in [1.29, 1.82) is 0 Å². The Morgan fingerprint density at radius 2 is 2.17 bits per heavy atom. The van der Waals surface area contributed by atoms with Gasteiger partial charge in [0.1, 0.15) is 0 Å². The Morgan fingerprint density at radius 1 is 1.44 bits per heavy atom. The summed E-state index contributed by atoms with van der Waals surface area (Å²) in [6.45, 7) is 0. The lowest BCUT2D eigenvalue weighted by Crippen LogP contribution is -2.35. The smallest absolute Gasteiger partial charge is 0.253 e. The van der Waals surface area contributed by atoms with E-state index in [-0.39, 0.29) is 17.0 Å². The van der Waals surface area contributed by atoms with Gasteiger partial charge in [-0.05, 0) is 24.3 Å². The van der Waals surface area contributed by atoms with Crippen LogP contribution in [0.25, 0.3) is 0 Å². The van der Waals surface area contributed by atoms with Crippen LogP contribution in [-0.4, -0.2) is 26.1 Å². The molecule has 0 spiro atoms. The largest absolute Gasteiger partial charge is 0.398 e. The van der Waals surface area contributed by atoms with Crippen LogP contribution >= 0.6 is 11.6 Å². The third-order valence-corrected chi connectivity index (χ3v) is 4.14. The molecule has 0 aliphatic carbocycles. The van der Waals surface area contributed by atoms with Crippen LogP contribution < -0.4 is 11.1 Å². The summed E-state index contributed by atoms with van der Waals surface area (Å²) in [4.78, 5) is 11.9. The van der Waals surface area contributed by atoms with Crippen molar-refractivity contribution in [1.82, 2.24) is 5.32 Å². The van der Waals surface area contributed by atoms with Crippen molar-refractivity contribution in [3.05, 3.63) is 40.3 Å². The number of benzene rings is 1. The summed E-state index contributed by atoms with van der Waals surface area (Å²) in [6, 6.07) is 4.00. The average Bonchev–Trinajstić information content (AvgIpc) is 2.57. The van der Waals surface area contributed by atoms with Crippen molar-refractivity contribution in [2.24, 2.45) is 0 Å². The standard InChI is InChI=1S/C11H11ClN2O3S/c12-7-1-2-9(10(13)5-7)11(15)14-8-3-4-18(16,17)6-8/h1-5,8H,6,13H2,(H,14,15). The van der Waals surface area contributed by atoms with Crippen LogP contribution in [0.2, 0.25) is 5.02 Å². The number of sulfone groups is 1. The third kappa shape index (κ3) is 2.83. The van der Waals surface area contributed by atoms with Gasteiger partial charge in [0, 0.05) is 16.1 Å². The van der Waals surface area contributed by atoms with Gasteiger partial charge in [0.15, 0.2) is 9.84 Å². The van der Waals surface area contributed by atoms with E-state index in [4.69, 9.17) is 17.3 Å². The van der Waals surface area contributed by atoms with Crippen LogP contribution in [0.15, 0.2) is 29.7 Å². The molecular formula is C11H11ClN2O3S. The van der Waals surface area contributed by atoms with Gasteiger partial charge in [0.05, 0.1) is 17.4 Å². The van der Waals surface area contributed by atoms with Gasteiger partial charge in [-0.25, -0.2) is 8.42 Å². The topological polar surface area (TPSA) is 89.3 Å². The SMILES string of the molecule is Nc1cc(Cl)ccc1C(=O)NC1C=CS(=O)(=O)C1. The van der Waals surface area contributed by atoms with E-state index in [9.17, 15) is 13.2 Å². The molecule has 1 unspecified atom stereocenters. The van der Waals surface area contributed by atoms with E-state index in [1.807, 2.05) is 0 Å². The number of amides is 1. The molecule has 1 aliphatic rings. The molecule has 1 amide bonds. The molecule has 96 valence electrons. The molecule has 1 aromatic carbocycles. The summed E-state index contributed by atoms with van der Waals surface area (Å²) in [7, 11) is -3.19. The molecule has 5 nitrogen and oxygen atoms in total. The lowest BCUT2D eigenvalue weighted by Gasteiger charge is -2.11. The molecule has 2 rings (SSSR count). The Morgan fingerprint density at radius 3 is 2.72 bits per heavy atom. The monoisotopic (exact) mass is 286 g/mol. The number of nitrogen functional groups attached to an aromatic ring is 1. The van der Waals surface area contributed by atoms with Crippen molar-refractivity contribution in [2.75, 3.05) is 11.5 Å². The van der Waals surface area contributed by atoms with Crippen LogP contribution in [0.5, 0.6) is 0 Å². The first kappa shape index (κ1) is 12.9. The molecule has 0 radical (unpaired) electrons. The van der Waals surface area contributed by atoms with E-state index >= 15 is 0 Å². The molecule has 1 heterocycles. The molecule has 0 saturated heterocycles. The summed E-state index contributed by atoms with van der Waals surface area (Å²) in [5.74, 6) is -0.539. The summed E-state index contributed by atoms with van der Waals surface area (Å²) < 4.78 is 22.4. The molecule has 1 aliphatic heterocycles. The maximum absolute atomic E-state index is 11.9. The van der Waals surface area contributed by atoms with Crippen molar-refractivity contribution in [2.45, 2.75) is 6.04 Å². The zero-order valence-electron chi connectivity index (χ0n) is 9.26. The molecule has 0 bridgehead atoms. The van der Waals surface area contributed by atoms with Gasteiger partial charge in [-0.1, -0.05) is 11.6 Å². The maximum atomic E-state index is 11.9. The third-order valence-electron chi connectivity index (χ3n) is 2.50. The Labute approximate surface area is 110 Å². The van der Waals surface area contributed by atoms with Gasteiger partial charge in [-0.2, -0.15) is 0 Å². The minimum Gasteiger partial charge on any atom is -0.398 e. The lowest BCUT2D eigenvalue weighted by molar-refractivity contribution is 0.0948. The molecule has 0 saturated carbocycles. The zero-order chi connectivity index (χ0) is 13.3. The number of rotatable bonds is 2. The first-order chi connectivity index (χ1) is 8.37. The highest BCUT2D eigenvalue weighted by molar-refractivity contribution is 7.94. The molecule has 18 heavy (non-hydrogen) atoms. The fourth-order valence-electron chi connectivity index (χ4n) is 1.65. The van der Waals surface area contributed by atoms with Gasteiger partial charge in [0.25, 0.3) is 5.91 Å². The van der Waals surface area contributed by atoms with E-state index in [1.54, 1.807) is 6.07 Å². The average molecular weight is 287 g/mol. The number of carbonyl (C=O) groups excluding carboxylic acids is 1. The molecule has 1 aromatic rings. The lowest BCUT2D eigenvalue weighted by atomic mass is 10.1. The van der Waals surface area contributed by atoms with Crippen LogP contribution in [0.3, 0.4) is 0 Å². The van der Waals surface area contributed by atoms with Gasteiger partial charge >= 0.3 is 0 Å². The van der Waals surface area contributed by atoms with E-state index < -0.39 is 21.8 Å². The van der Waals surface area contributed by atoms with E-state index in [1.165, 1.54) is 18.2 Å². The van der Waals surface area contributed by atoms with Gasteiger partial charge in [0.2, 0.25) is 0 Å². The zero-order valence-corrected chi connectivity index (χ0v) is 10.8. The van der Waals surface area contributed by atoms with Gasteiger partial charge < -0.3 is 11.1 Å². The molecule has 7 heteroatoms. The molecule has 1 atom stereocenters. The highest BCUT2D eigenvalue weighted by Crippen LogP contribution is 2.18. The summed E-state index contributed by atoms with van der Waals surface area (Å²) in [6.07, 6.45) is 1.44. The van der Waals surface area contributed by atoms with Crippen molar-refractivity contribution < 1.29 is 13.2 Å². The fraction of sp³-hybridized carbons (Fsp3) is 0.182.